The number of nitrogens with one attached hydrogen (secondary N) is 1. The van der Waals surface area contributed by atoms with Crippen molar-refractivity contribution in [3.63, 3.8) is 0 Å². The van der Waals surface area contributed by atoms with Crippen molar-refractivity contribution in [2.45, 2.75) is 25.3 Å². The van der Waals surface area contributed by atoms with E-state index in [4.69, 9.17) is 4.74 Å². The highest BCUT2D eigenvalue weighted by molar-refractivity contribution is 7.90. The van der Waals surface area contributed by atoms with Crippen molar-refractivity contribution in [1.82, 2.24) is 5.32 Å². The zero-order chi connectivity index (χ0) is 14.3. The number of hydrogen-bond donors (Lipinski definition) is 1. The first kappa shape index (κ1) is 16.0. The number of sulfone groups is 1. The molecular weight excluding hydrogens is 262 g/mol. The third-order valence-electron chi connectivity index (χ3n) is 3.19. The number of methoxy groups -OCH3 is 1. The van der Waals surface area contributed by atoms with E-state index in [-0.39, 0.29) is 11.8 Å². The van der Waals surface area contributed by atoms with Gasteiger partial charge in [-0.25, -0.2) is 8.42 Å². The predicted octanol–water partition coefficient (Wildman–Crippen LogP) is 1.65. The SMILES string of the molecule is CNC(CCc1ccc(OC)cc1)CCS(C)(=O)=O. The molecule has 0 radical (unpaired) electrons. The summed E-state index contributed by atoms with van der Waals surface area (Å²) >= 11 is 0. The van der Waals surface area contributed by atoms with Gasteiger partial charge in [-0.15, -0.1) is 0 Å². The van der Waals surface area contributed by atoms with Crippen molar-refractivity contribution in [3.8, 4) is 5.75 Å². The van der Waals surface area contributed by atoms with E-state index in [1.54, 1.807) is 7.11 Å². The van der Waals surface area contributed by atoms with Crippen molar-refractivity contribution in [1.29, 1.82) is 0 Å². The summed E-state index contributed by atoms with van der Waals surface area (Å²) in [5.74, 6) is 1.09. The van der Waals surface area contributed by atoms with Gasteiger partial charge in [-0.05, 0) is 44.0 Å². The summed E-state index contributed by atoms with van der Waals surface area (Å²) < 4.78 is 27.4. The molecule has 1 atom stereocenters. The molecule has 0 aromatic heterocycles. The number of benzene rings is 1. The molecule has 0 spiro atoms. The normalized spacial score (nSPS) is 13.2. The fraction of sp³-hybridized carbons (Fsp3) is 0.571. The molecule has 0 saturated carbocycles. The summed E-state index contributed by atoms with van der Waals surface area (Å²) in [5.41, 5.74) is 1.24. The Morgan fingerprint density at radius 2 is 1.84 bits per heavy atom. The topological polar surface area (TPSA) is 55.4 Å². The Balaban J connectivity index is 2.43. The average Bonchev–Trinajstić information content (AvgIpc) is 2.38. The Hall–Kier alpha value is -1.07. The van der Waals surface area contributed by atoms with E-state index in [1.807, 2.05) is 31.3 Å². The molecule has 0 amide bonds. The van der Waals surface area contributed by atoms with Gasteiger partial charge in [0.25, 0.3) is 0 Å². The molecule has 19 heavy (non-hydrogen) atoms. The molecule has 1 aromatic rings. The highest BCUT2D eigenvalue weighted by Gasteiger charge is 2.10. The van der Waals surface area contributed by atoms with Crippen LogP contribution in [0.1, 0.15) is 18.4 Å². The number of aryl methyl sites for hydroxylation is 1. The van der Waals surface area contributed by atoms with Crippen molar-refractivity contribution < 1.29 is 13.2 Å². The average molecular weight is 285 g/mol. The van der Waals surface area contributed by atoms with Gasteiger partial charge in [-0.3, -0.25) is 0 Å². The molecule has 1 unspecified atom stereocenters. The monoisotopic (exact) mass is 285 g/mol. The molecule has 4 nitrogen and oxygen atoms in total. The van der Waals surface area contributed by atoms with Gasteiger partial charge < -0.3 is 10.1 Å². The fourth-order valence-corrected chi connectivity index (χ4v) is 2.64. The summed E-state index contributed by atoms with van der Waals surface area (Å²) in [6.45, 7) is 0. The summed E-state index contributed by atoms with van der Waals surface area (Å²) in [5, 5.41) is 3.18. The van der Waals surface area contributed by atoms with Crippen LogP contribution in [0.5, 0.6) is 5.75 Å². The first-order chi connectivity index (χ1) is 8.94. The third-order valence-corrected chi connectivity index (χ3v) is 4.16. The van der Waals surface area contributed by atoms with Gasteiger partial charge in [-0.2, -0.15) is 0 Å². The summed E-state index contributed by atoms with van der Waals surface area (Å²) in [7, 11) is 0.648. The molecule has 0 fully saturated rings. The highest BCUT2D eigenvalue weighted by atomic mass is 32.2. The van der Waals surface area contributed by atoms with Crippen LogP contribution in [0, 0.1) is 0 Å². The maximum absolute atomic E-state index is 11.2. The second-order valence-corrected chi connectivity index (χ2v) is 7.05. The fourth-order valence-electron chi connectivity index (χ4n) is 1.92. The minimum Gasteiger partial charge on any atom is -0.497 e. The van der Waals surface area contributed by atoms with Crippen molar-refractivity contribution >= 4 is 9.84 Å². The van der Waals surface area contributed by atoms with E-state index >= 15 is 0 Å². The number of rotatable bonds is 8. The zero-order valence-electron chi connectivity index (χ0n) is 11.8. The second-order valence-electron chi connectivity index (χ2n) is 4.79. The molecule has 5 heteroatoms. The molecule has 0 bridgehead atoms. The first-order valence-electron chi connectivity index (χ1n) is 6.42. The first-order valence-corrected chi connectivity index (χ1v) is 8.48. The molecule has 0 aliphatic rings. The lowest BCUT2D eigenvalue weighted by molar-refractivity contribution is 0.414. The van der Waals surface area contributed by atoms with Crippen LogP contribution in [0.3, 0.4) is 0 Å². The Morgan fingerprint density at radius 3 is 2.32 bits per heavy atom. The molecule has 0 heterocycles. The Bertz CT molecular complexity index is 468. The third kappa shape index (κ3) is 6.59. The highest BCUT2D eigenvalue weighted by Crippen LogP contribution is 2.14. The number of hydrogen-bond acceptors (Lipinski definition) is 4. The van der Waals surface area contributed by atoms with Crippen molar-refractivity contribution in [2.75, 3.05) is 26.2 Å². The summed E-state index contributed by atoms with van der Waals surface area (Å²) in [4.78, 5) is 0. The molecule has 1 aromatic carbocycles. The van der Waals surface area contributed by atoms with Gasteiger partial charge in [0.2, 0.25) is 0 Å². The van der Waals surface area contributed by atoms with Gasteiger partial charge in [0.1, 0.15) is 15.6 Å². The van der Waals surface area contributed by atoms with E-state index in [0.29, 0.717) is 6.42 Å². The maximum Gasteiger partial charge on any atom is 0.147 e. The van der Waals surface area contributed by atoms with Crippen LogP contribution in [-0.2, 0) is 16.3 Å². The maximum atomic E-state index is 11.2. The molecule has 0 aliphatic heterocycles. The summed E-state index contributed by atoms with van der Waals surface area (Å²) in [6, 6.07) is 8.21. The Morgan fingerprint density at radius 1 is 1.21 bits per heavy atom. The smallest absolute Gasteiger partial charge is 0.147 e. The largest absolute Gasteiger partial charge is 0.497 e. The lowest BCUT2D eigenvalue weighted by Gasteiger charge is -2.15. The van der Waals surface area contributed by atoms with Gasteiger partial charge in [-0.1, -0.05) is 12.1 Å². The van der Waals surface area contributed by atoms with Gasteiger partial charge >= 0.3 is 0 Å². The van der Waals surface area contributed by atoms with E-state index < -0.39 is 9.84 Å². The van der Waals surface area contributed by atoms with Crippen LogP contribution in [0.2, 0.25) is 0 Å². The van der Waals surface area contributed by atoms with E-state index in [1.165, 1.54) is 11.8 Å². The van der Waals surface area contributed by atoms with Gasteiger partial charge in [0.15, 0.2) is 0 Å². The van der Waals surface area contributed by atoms with Crippen LogP contribution in [-0.4, -0.2) is 40.6 Å². The lowest BCUT2D eigenvalue weighted by Crippen LogP contribution is -2.28. The van der Waals surface area contributed by atoms with Crippen LogP contribution in [0.15, 0.2) is 24.3 Å². The molecule has 0 aliphatic carbocycles. The second kappa shape index (κ2) is 7.50. The quantitative estimate of drug-likeness (QED) is 0.789. The van der Waals surface area contributed by atoms with E-state index in [2.05, 4.69) is 5.32 Å². The molecular formula is C14H23NO3S. The zero-order valence-corrected chi connectivity index (χ0v) is 12.7. The standard InChI is InChI=1S/C14H23NO3S/c1-15-13(10-11-19(3,16)17)7-4-12-5-8-14(18-2)9-6-12/h5-6,8-9,13,15H,4,7,10-11H2,1-3H3. The van der Waals surface area contributed by atoms with Crippen molar-refractivity contribution in [2.24, 2.45) is 0 Å². The Labute approximate surface area is 116 Å². The van der Waals surface area contributed by atoms with E-state index in [9.17, 15) is 8.42 Å². The summed E-state index contributed by atoms with van der Waals surface area (Å²) in [6.07, 6.45) is 3.80. The lowest BCUT2D eigenvalue weighted by atomic mass is 10.0. The van der Waals surface area contributed by atoms with Crippen LogP contribution < -0.4 is 10.1 Å². The van der Waals surface area contributed by atoms with Crippen molar-refractivity contribution in [3.05, 3.63) is 29.8 Å². The minimum absolute atomic E-state index is 0.233. The van der Waals surface area contributed by atoms with Gasteiger partial charge in [0, 0.05) is 12.3 Å². The Kier molecular flexibility index (Phi) is 6.31. The van der Waals surface area contributed by atoms with Crippen LogP contribution >= 0.6 is 0 Å². The molecule has 108 valence electrons. The molecule has 0 saturated heterocycles. The number of ether oxygens (including phenoxy) is 1. The molecule has 1 N–H and O–H groups in total. The molecule has 1 rings (SSSR count). The van der Waals surface area contributed by atoms with Gasteiger partial charge in [0.05, 0.1) is 12.9 Å². The predicted molar refractivity (Wildman–Crippen MR) is 78.5 cm³/mol. The van der Waals surface area contributed by atoms with Crippen LogP contribution in [0.25, 0.3) is 0 Å². The van der Waals surface area contributed by atoms with E-state index in [0.717, 1.165) is 18.6 Å². The minimum atomic E-state index is -2.88. The van der Waals surface area contributed by atoms with Crippen LogP contribution in [0.4, 0.5) is 0 Å².